The summed E-state index contributed by atoms with van der Waals surface area (Å²) in [5.41, 5.74) is 3.66. The van der Waals surface area contributed by atoms with Crippen LogP contribution in [0.15, 0.2) is 82.4 Å². The summed E-state index contributed by atoms with van der Waals surface area (Å²) in [5.74, 6) is -0.157. The highest BCUT2D eigenvalue weighted by Gasteiger charge is 2.24. The van der Waals surface area contributed by atoms with Crippen molar-refractivity contribution < 1.29 is 4.79 Å². The van der Waals surface area contributed by atoms with Gasteiger partial charge in [0.25, 0.3) is 5.56 Å². The Bertz CT molecular complexity index is 1460. The van der Waals surface area contributed by atoms with Crippen molar-refractivity contribution in [2.45, 2.75) is 32.9 Å². The summed E-state index contributed by atoms with van der Waals surface area (Å²) in [6, 6.07) is 22.6. The Morgan fingerprint density at radius 3 is 2.42 bits per heavy atom. The highest BCUT2D eigenvalue weighted by Crippen LogP contribution is 2.27. The summed E-state index contributed by atoms with van der Waals surface area (Å²) in [6.45, 7) is 2.64. The molecule has 2 heterocycles. The lowest BCUT2D eigenvalue weighted by Gasteiger charge is -2.30. The zero-order valence-corrected chi connectivity index (χ0v) is 18.5. The standard InChI is InChI=1S/C27H25N3O3/c1-19-12-14-20(15-13-19)17-30-26(32)22-9-3-5-11-24(22)29(27(30)33)18-25(31)28-16-6-8-21-7-2-4-10-23(21)28/h2-5,7,9-15H,6,8,16-18H2,1H3. The van der Waals surface area contributed by atoms with Crippen molar-refractivity contribution in [1.82, 2.24) is 9.13 Å². The zero-order valence-electron chi connectivity index (χ0n) is 18.5. The number of hydrogen-bond donors (Lipinski definition) is 0. The van der Waals surface area contributed by atoms with Gasteiger partial charge in [0.1, 0.15) is 6.54 Å². The van der Waals surface area contributed by atoms with Crippen molar-refractivity contribution in [3.63, 3.8) is 0 Å². The third kappa shape index (κ3) is 3.89. The molecule has 33 heavy (non-hydrogen) atoms. The molecule has 4 aromatic rings. The molecular formula is C27H25N3O3. The van der Waals surface area contributed by atoms with E-state index < -0.39 is 5.69 Å². The normalized spacial score (nSPS) is 13.2. The molecular weight excluding hydrogens is 414 g/mol. The summed E-state index contributed by atoms with van der Waals surface area (Å²) < 4.78 is 2.66. The minimum atomic E-state index is -0.474. The fraction of sp³-hybridized carbons (Fsp3) is 0.222. The molecule has 1 aliphatic heterocycles. The predicted molar refractivity (Wildman–Crippen MR) is 130 cm³/mol. The second-order valence-corrected chi connectivity index (χ2v) is 8.54. The van der Waals surface area contributed by atoms with Gasteiger partial charge in [0.05, 0.1) is 17.4 Å². The molecule has 6 heteroatoms. The van der Waals surface area contributed by atoms with Gasteiger partial charge in [-0.3, -0.25) is 18.7 Å². The van der Waals surface area contributed by atoms with Crippen LogP contribution in [0.25, 0.3) is 10.9 Å². The van der Waals surface area contributed by atoms with Gasteiger partial charge in [-0.15, -0.1) is 0 Å². The SMILES string of the molecule is Cc1ccc(Cn2c(=O)c3ccccc3n(CC(=O)N3CCCc4ccccc43)c2=O)cc1. The second kappa shape index (κ2) is 8.54. The molecule has 0 fully saturated rings. The number of benzene rings is 3. The maximum Gasteiger partial charge on any atom is 0.332 e. The predicted octanol–water partition coefficient (Wildman–Crippen LogP) is 3.50. The molecule has 6 nitrogen and oxygen atoms in total. The smallest absolute Gasteiger partial charge is 0.311 e. The van der Waals surface area contributed by atoms with E-state index in [2.05, 4.69) is 0 Å². The number of aromatic nitrogens is 2. The van der Waals surface area contributed by atoms with Crippen LogP contribution in [-0.4, -0.2) is 21.6 Å². The monoisotopic (exact) mass is 439 g/mol. The Kier molecular flexibility index (Phi) is 5.42. The number of aryl methyl sites for hydroxylation is 2. The van der Waals surface area contributed by atoms with Gasteiger partial charge >= 0.3 is 5.69 Å². The van der Waals surface area contributed by atoms with Crippen LogP contribution in [0.3, 0.4) is 0 Å². The molecule has 0 saturated carbocycles. The van der Waals surface area contributed by atoms with Gasteiger partial charge in [-0.2, -0.15) is 0 Å². The lowest BCUT2D eigenvalue weighted by atomic mass is 10.0. The van der Waals surface area contributed by atoms with Crippen LogP contribution in [0.5, 0.6) is 0 Å². The van der Waals surface area contributed by atoms with E-state index in [-0.39, 0.29) is 24.6 Å². The van der Waals surface area contributed by atoms with Crippen molar-refractivity contribution in [2.75, 3.05) is 11.4 Å². The summed E-state index contributed by atoms with van der Waals surface area (Å²) in [5, 5.41) is 0.427. The molecule has 1 aliphatic rings. The van der Waals surface area contributed by atoms with Crippen LogP contribution in [0.1, 0.15) is 23.1 Å². The van der Waals surface area contributed by atoms with Crippen LogP contribution in [0.4, 0.5) is 5.69 Å². The fourth-order valence-corrected chi connectivity index (χ4v) is 4.55. The Morgan fingerprint density at radius 1 is 0.879 bits per heavy atom. The molecule has 166 valence electrons. The Morgan fingerprint density at radius 2 is 1.61 bits per heavy atom. The van der Waals surface area contributed by atoms with Crippen LogP contribution in [-0.2, 0) is 24.3 Å². The molecule has 0 bridgehead atoms. The average Bonchev–Trinajstić information content (AvgIpc) is 2.85. The molecule has 0 radical (unpaired) electrons. The van der Waals surface area contributed by atoms with E-state index in [1.54, 1.807) is 29.2 Å². The van der Waals surface area contributed by atoms with Crippen LogP contribution >= 0.6 is 0 Å². The molecule has 0 saturated heterocycles. The average molecular weight is 440 g/mol. The van der Waals surface area contributed by atoms with Gasteiger partial charge in [0.2, 0.25) is 5.91 Å². The van der Waals surface area contributed by atoms with Gasteiger partial charge in [-0.1, -0.05) is 60.2 Å². The number of fused-ring (bicyclic) bond motifs is 2. The number of rotatable bonds is 4. The highest BCUT2D eigenvalue weighted by molar-refractivity contribution is 5.95. The van der Waals surface area contributed by atoms with Crippen molar-refractivity contribution in [1.29, 1.82) is 0 Å². The number of carbonyl (C=O) groups is 1. The first-order valence-corrected chi connectivity index (χ1v) is 11.2. The first kappa shape index (κ1) is 20.9. The molecule has 5 rings (SSSR count). The third-order valence-electron chi connectivity index (χ3n) is 6.30. The van der Waals surface area contributed by atoms with Gasteiger partial charge < -0.3 is 4.90 Å². The maximum atomic E-state index is 13.5. The Balaban J connectivity index is 1.58. The molecule has 3 aromatic carbocycles. The van der Waals surface area contributed by atoms with E-state index >= 15 is 0 Å². The number of anilines is 1. The summed E-state index contributed by atoms with van der Waals surface area (Å²) in [4.78, 5) is 41.8. The number of para-hydroxylation sites is 2. The first-order chi connectivity index (χ1) is 16.0. The van der Waals surface area contributed by atoms with Crippen molar-refractivity contribution in [3.05, 3.63) is 110 Å². The lowest BCUT2D eigenvalue weighted by molar-refractivity contribution is -0.119. The summed E-state index contributed by atoms with van der Waals surface area (Å²) in [7, 11) is 0. The topological polar surface area (TPSA) is 64.3 Å². The van der Waals surface area contributed by atoms with Gasteiger partial charge in [-0.25, -0.2) is 4.79 Å². The fourth-order valence-electron chi connectivity index (χ4n) is 4.55. The van der Waals surface area contributed by atoms with E-state index in [4.69, 9.17) is 0 Å². The molecule has 1 amide bonds. The maximum absolute atomic E-state index is 13.5. The van der Waals surface area contributed by atoms with Gasteiger partial charge in [-0.05, 0) is 49.1 Å². The number of hydrogen-bond acceptors (Lipinski definition) is 3. The largest absolute Gasteiger partial charge is 0.332 e. The second-order valence-electron chi connectivity index (χ2n) is 8.54. The van der Waals surface area contributed by atoms with Crippen LogP contribution < -0.4 is 16.1 Å². The van der Waals surface area contributed by atoms with Gasteiger partial charge in [0.15, 0.2) is 0 Å². The molecule has 0 atom stereocenters. The number of carbonyl (C=O) groups excluding carboxylic acids is 1. The van der Waals surface area contributed by atoms with E-state index in [1.165, 1.54) is 9.13 Å². The van der Waals surface area contributed by atoms with E-state index in [0.29, 0.717) is 17.4 Å². The summed E-state index contributed by atoms with van der Waals surface area (Å²) in [6.07, 6.45) is 1.82. The van der Waals surface area contributed by atoms with Crippen molar-refractivity contribution in [3.8, 4) is 0 Å². The zero-order chi connectivity index (χ0) is 22.9. The molecule has 0 N–H and O–H groups in total. The van der Waals surface area contributed by atoms with Crippen LogP contribution in [0, 0.1) is 6.92 Å². The molecule has 1 aromatic heterocycles. The van der Waals surface area contributed by atoms with Crippen molar-refractivity contribution in [2.24, 2.45) is 0 Å². The van der Waals surface area contributed by atoms with Crippen LogP contribution in [0.2, 0.25) is 0 Å². The van der Waals surface area contributed by atoms with E-state index in [1.807, 2.05) is 55.5 Å². The van der Waals surface area contributed by atoms with E-state index in [0.717, 1.165) is 35.2 Å². The number of amides is 1. The van der Waals surface area contributed by atoms with E-state index in [9.17, 15) is 14.4 Å². The minimum absolute atomic E-state index is 0.123. The lowest BCUT2D eigenvalue weighted by Crippen LogP contribution is -2.44. The Hall–Kier alpha value is -3.93. The first-order valence-electron chi connectivity index (χ1n) is 11.2. The Labute approximate surface area is 191 Å². The summed E-state index contributed by atoms with van der Waals surface area (Å²) >= 11 is 0. The highest BCUT2D eigenvalue weighted by atomic mass is 16.2. The molecule has 0 aliphatic carbocycles. The molecule has 0 spiro atoms. The third-order valence-corrected chi connectivity index (χ3v) is 6.30. The number of nitrogens with zero attached hydrogens (tertiary/aromatic N) is 3. The quantitative estimate of drug-likeness (QED) is 0.489. The molecule has 0 unspecified atom stereocenters. The van der Waals surface area contributed by atoms with Crippen molar-refractivity contribution >= 4 is 22.5 Å². The minimum Gasteiger partial charge on any atom is -0.311 e. The van der Waals surface area contributed by atoms with Gasteiger partial charge in [0, 0.05) is 12.2 Å².